The van der Waals surface area contributed by atoms with Crippen LogP contribution in [-0.2, 0) is 9.84 Å². The fourth-order valence-electron chi connectivity index (χ4n) is 4.05. The number of piperazine rings is 1. The van der Waals surface area contributed by atoms with Crippen LogP contribution in [0.5, 0.6) is 5.75 Å². The molecule has 2 aromatic rings. The number of sulfone groups is 1. The second-order valence-corrected chi connectivity index (χ2v) is 9.26. The van der Waals surface area contributed by atoms with Crippen LogP contribution in [0.25, 0.3) is 11.0 Å². The number of furan rings is 1. The first kappa shape index (κ1) is 17.4. The van der Waals surface area contributed by atoms with Gasteiger partial charge in [-0.25, -0.2) is 8.42 Å². The van der Waals surface area contributed by atoms with Crippen molar-refractivity contribution in [2.75, 3.05) is 38.8 Å². The molecule has 3 heterocycles. The van der Waals surface area contributed by atoms with Gasteiger partial charge in [0.05, 0.1) is 24.7 Å². The molecule has 4 rings (SSSR count). The lowest BCUT2D eigenvalue weighted by Gasteiger charge is -2.41. The minimum absolute atomic E-state index is 0.0147. The molecule has 0 saturated carbocycles. The molecule has 0 aliphatic carbocycles. The number of carbonyl (C=O) groups excluding carboxylic acids is 1. The van der Waals surface area contributed by atoms with Gasteiger partial charge in [-0.15, -0.1) is 0 Å². The van der Waals surface area contributed by atoms with Gasteiger partial charge in [0.15, 0.2) is 15.6 Å². The quantitative estimate of drug-likeness (QED) is 0.784. The van der Waals surface area contributed by atoms with Crippen molar-refractivity contribution in [3.05, 3.63) is 29.5 Å². The third-order valence-corrected chi connectivity index (χ3v) is 7.25. The van der Waals surface area contributed by atoms with Gasteiger partial charge < -0.3 is 14.1 Å². The first-order valence-corrected chi connectivity index (χ1v) is 10.4. The monoisotopic (exact) mass is 378 g/mol. The number of ether oxygens (including phenoxy) is 1. The summed E-state index contributed by atoms with van der Waals surface area (Å²) < 4.78 is 35.3. The second kappa shape index (κ2) is 5.99. The average molecular weight is 378 g/mol. The third kappa shape index (κ3) is 2.68. The van der Waals surface area contributed by atoms with Crippen molar-refractivity contribution in [1.29, 1.82) is 0 Å². The smallest absolute Gasteiger partial charge is 0.290 e. The van der Waals surface area contributed by atoms with E-state index < -0.39 is 9.84 Å². The van der Waals surface area contributed by atoms with E-state index in [1.807, 2.05) is 31.0 Å². The summed E-state index contributed by atoms with van der Waals surface area (Å²) in [6.07, 6.45) is 0. The molecule has 2 unspecified atom stereocenters. The Morgan fingerprint density at radius 3 is 2.69 bits per heavy atom. The van der Waals surface area contributed by atoms with Gasteiger partial charge in [-0.05, 0) is 26.1 Å². The molecule has 2 aliphatic heterocycles. The van der Waals surface area contributed by atoms with E-state index in [9.17, 15) is 13.2 Å². The Balaban J connectivity index is 1.71. The lowest BCUT2D eigenvalue weighted by molar-refractivity contribution is 0.0383. The van der Waals surface area contributed by atoms with Crippen molar-refractivity contribution in [3.8, 4) is 5.75 Å². The van der Waals surface area contributed by atoms with Crippen LogP contribution in [-0.4, -0.2) is 75.0 Å². The number of hydrogen-bond donors (Lipinski definition) is 0. The van der Waals surface area contributed by atoms with Gasteiger partial charge in [0.1, 0.15) is 11.3 Å². The minimum Gasteiger partial charge on any atom is -0.497 e. The zero-order chi connectivity index (χ0) is 18.6. The molecule has 2 saturated heterocycles. The highest BCUT2D eigenvalue weighted by atomic mass is 32.2. The SMILES string of the molecule is COc1ccc2c(C)c(C(=O)N3CCN(C)C4CS(=O)(=O)CC43)oc2c1. The molecule has 26 heavy (non-hydrogen) atoms. The van der Waals surface area contributed by atoms with Crippen molar-refractivity contribution in [1.82, 2.24) is 9.80 Å². The van der Waals surface area contributed by atoms with Gasteiger partial charge in [0.25, 0.3) is 5.91 Å². The molecule has 0 bridgehead atoms. The van der Waals surface area contributed by atoms with Crippen LogP contribution in [0.1, 0.15) is 16.1 Å². The number of nitrogens with zero attached hydrogens (tertiary/aromatic N) is 2. The minimum atomic E-state index is -3.14. The van der Waals surface area contributed by atoms with E-state index in [1.165, 1.54) is 0 Å². The third-order valence-electron chi connectivity index (χ3n) is 5.55. The molecule has 2 fully saturated rings. The number of benzene rings is 1. The number of methoxy groups -OCH3 is 1. The average Bonchev–Trinajstić information content (AvgIpc) is 3.11. The molecule has 8 heteroatoms. The summed E-state index contributed by atoms with van der Waals surface area (Å²) in [4.78, 5) is 16.9. The van der Waals surface area contributed by atoms with Gasteiger partial charge in [0, 0.05) is 36.1 Å². The molecule has 2 atom stereocenters. The van der Waals surface area contributed by atoms with E-state index in [0.29, 0.717) is 24.4 Å². The Morgan fingerprint density at radius 2 is 1.96 bits per heavy atom. The van der Waals surface area contributed by atoms with E-state index in [-0.39, 0.29) is 35.3 Å². The normalized spacial score (nSPS) is 25.4. The van der Waals surface area contributed by atoms with E-state index in [0.717, 1.165) is 10.9 Å². The molecule has 1 aromatic heterocycles. The van der Waals surface area contributed by atoms with Crippen LogP contribution in [0, 0.1) is 6.92 Å². The van der Waals surface area contributed by atoms with E-state index >= 15 is 0 Å². The van der Waals surface area contributed by atoms with Crippen LogP contribution in [0.15, 0.2) is 22.6 Å². The van der Waals surface area contributed by atoms with Crippen molar-refractivity contribution >= 4 is 26.7 Å². The first-order valence-electron chi connectivity index (χ1n) is 8.59. The molecule has 1 amide bonds. The number of likely N-dealkylation sites (N-methyl/N-ethyl adjacent to an activating group) is 1. The number of aryl methyl sites for hydroxylation is 1. The second-order valence-electron chi connectivity index (χ2n) is 7.11. The van der Waals surface area contributed by atoms with Gasteiger partial charge in [-0.1, -0.05) is 0 Å². The lowest BCUT2D eigenvalue weighted by Crippen LogP contribution is -2.59. The van der Waals surface area contributed by atoms with E-state index in [2.05, 4.69) is 0 Å². The fourth-order valence-corrected chi connectivity index (χ4v) is 6.10. The summed E-state index contributed by atoms with van der Waals surface area (Å²) >= 11 is 0. The Morgan fingerprint density at radius 1 is 1.23 bits per heavy atom. The molecule has 0 radical (unpaired) electrons. The highest BCUT2D eigenvalue weighted by Gasteiger charge is 2.47. The van der Waals surface area contributed by atoms with Crippen molar-refractivity contribution in [2.24, 2.45) is 0 Å². The van der Waals surface area contributed by atoms with Crippen LogP contribution >= 0.6 is 0 Å². The van der Waals surface area contributed by atoms with E-state index in [4.69, 9.17) is 9.15 Å². The predicted octanol–water partition coefficient (Wildman–Crippen LogP) is 1.30. The van der Waals surface area contributed by atoms with Crippen LogP contribution < -0.4 is 4.74 Å². The fraction of sp³-hybridized carbons (Fsp3) is 0.500. The van der Waals surface area contributed by atoms with Crippen LogP contribution in [0.2, 0.25) is 0 Å². The van der Waals surface area contributed by atoms with Crippen LogP contribution in [0.4, 0.5) is 0 Å². The Hall–Kier alpha value is -2.06. The number of rotatable bonds is 2. The topological polar surface area (TPSA) is 80.1 Å². The largest absolute Gasteiger partial charge is 0.497 e. The molecule has 7 nitrogen and oxygen atoms in total. The molecule has 1 aromatic carbocycles. The summed E-state index contributed by atoms with van der Waals surface area (Å²) in [5.74, 6) is 0.820. The number of amides is 1. The maximum Gasteiger partial charge on any atom is 0.290 e. The maximum absolute atomic E-state index is 13.2. The summed E-state index contributed by atoms with van der Waals surface area (Å²) in [5.41, 5.74) is 1.36. The standard InChI is InChI=1S/C18H22N2O5S/c1-11-13-5-4-12(24-3)8-16(13)25-17(11)18(21)20-7-6-19(2)14-9-26(22,23)10-15(14)20/h4-5,8,14-15H,6-7,9-10H2,1-3H3. The Labute approximate surface area is 152 Å². The van der Waals surface area contributed by atoms with E-state index in [1.54, 1.807) is 18.1 Å². The van der Waals surface area contributed by atoms with Gasteiger partial charge >= 0.3 is 0 Å². The number of hydrogen-bond acceptors (Lipinski definition) is 6. The highest BCUT2D eigenvalue weighted by Crippen LogP contribution is 2.32. The van der Waals surface area contributed by atoms with Gasteiger partial charge in [-0.2, -0.15) is 0 Å². The van der Waals surface area contributed by atoms with Crippen molar-refractivity contribution < 1.29 is 22.4 Å². The number of carbonyl (C=O) groups is 1. The molecule has 2 aliphatic rings. The Kier molecular flexibility index (Phi) is 4.00. The lowest BCUT2D eigenvalue weighted by atomic mass is 10.0. The zero-order valence-electron chi connectivity index (χ0n) is 15.1. The summed E-state index contributed by atoms with van der Waals surface area (Å²) in [6.45, 7) is 2.99. The summed E-state index contributed by atoms with van der Waals surface area (Å²) in [6, 6.07) is 4.98. The molecular formula is C18H22N2O5S. The van der Waals surface area contributed by atoms with Gasteiger partial charge in [0.2, 0.25) is 0 Å². The molecular weight excluding hydrogens is 356 g/mol. The molecule has 0 spiro atoms. The van der Waals surface area contributed by atoms with Crippen molar-refractivity contribution in [2.45, 2.75) is 19.0 Å². The maximum atomic E-state index is 13.2. The highest BCUT2D eigenvalue weighted by molar-refractivity contribution is 7.91. The number of fused-ring (bicyclic) bond motifs is 2. The zero-order valence-corrected chi connectivity index (χ0v) is 15.9. The summed E-state index contributed by atoms with van der Waals surface area (Å²) in [7, 11) is 0.356. The molecule has 140 valence electrons. The summed E-state index contributed by atoms with van der Waals surface area (Å²) in [5, 5.41) is 0.860. The van der Waals surface area contributed by atoms with Crippen LogP contribution in [0.3, 0.4) is 0 Å². The first-order chi connectivity index (χ1) is 12.3. The van der Waals surface area contributed by atoms with Crippen molar-refractivity contribution in [3.63, 3.8) is 0 Å². The Bertz CT molecular complexity index is 981. The van der Waals surface area contributed by atoms with Gasteiger partial charge in [-0.3, -0.25) is 9.69 Å². The predicted molar refractivity (Wildman–Crippen MR) is 97.4 cm³/mol. The molecule has 0 N–H and O–H groups in total.